The number of hydrogen-bond acceptors (Lipinski definition) is 4. The molecule has 0 aromatic carbocycles. The number of nitrogens with zero attached hydrogens (tertiary/aromatic N) is 1. The van der Waals surface area contributed by atoms with Crippen LogP contribution in [0.2, 0.25) is 0 Å². The minimum Gasteiger partial charge on any atom is -0.481 e. The summed E-state index contributed by atoms with van der Waals surface area (Å²) in [5, 5.41) is 9.62. The summed E-state index contributed by atoms with van der Waals surface area (Å²) >= 11 is 0. The lowest BCUT2D eigenvalue weighted by Gasteiger charge is -2.20. The number of carbonyl (C=O) groups excluding carboxylic acids is 1. The summed E-state index contributed by atoms with van der Waals surface area (Å²) in [4.78, 5) is 21.6. The minimum absolute atomic E-state index is 0.288. The van der Waals surface area contributed by atoms with Crippen LogP contribution < -0.4 is 5.84 Å². The van der Waals surface area contributed by atoms with Crippen molar-refractivity contribution in [1.82, 2.24) is 5.01 Å². The lowest BCUT2D eigenvalue weighted by atomic mass is 10.1. The van der Waals surface area contributed by atoms with Crippen molar-refractivity contribution in [2.24, 2.45) is 5.84 Å². The molecule has 1 atom stereocenters. The number of ketones is 1. The number of hydrazine groups is 1. The Bertz CT molecular complexity index is 283. The Hall–Kier alpha value is -1.62. The van der Waals surface area contributed by atoms with Gasteiger partial charge in [-0.05, 0) is 12.2 Å². The smallest absolute Gasteiger partial charge is 0.305 e. The van der Waals surface area contributed by atoms with Gasteiger partial charge in [0.15, 0.2) is 5.78 Å². The molecule has 1 aliphatic heterocycles. The van der Waals surface area contributed by atoms with Crippen LogP contribution >= 0.6 is 0 Å². The second-order valence-electron chi connectivity index (χ2n) is 2.66. The van der Waals surface area contributed by atoms with E-state index in [9.17, 15) is 9.59 Å². The molecule has 0 spiro atoms. The van der Waals surface area contributed by atoms with Gasteiger partial charge in [0.25, 0.3) is 0 Å². The summed E-state index contributed by atoms with van der Waals surface area (Å²) in [6.07, 6.45) is 5.61. The van der Waals surface area contributed by atoms with Crippen molar-refractivity contribution in [3.05, 3.63) is 24.4 Å². The Morgan fingerprint density at radius 2 is 2.31 bits per heavy atom. The molecule has 5 nitrogen and oxygen atoms in total. The molecule has 1 rings (SSSR count). The first-order valence-corrected chi connectivity index (χ1v) is 3.75. The first-order valence-electron chi connectivity index (χ1n) is 3.75. The number of rotatable bonds is 2. The molecule has 70 valence electrons. The van der Waals surface area contributed by atoms with Crippen LogP contribution in [0, 0.1) is 0 Å². The molecule has 0 fully saturated rings. The van der Waals surface area contributed by atoms with Crippen LogP contribution in [0.4, 0.5) is 0 Å². The van der Waals surface area contributed by atoms with Crippen LogP contribution in [0.3, 0.4) is 0 Å². The van der Waals surface area contributed by atoms with E-state index in [4.69, 9.17) is 10.9 Å². The molecular weight excluding hydrogens is 172 g/mol. The van der Waals surface area contributed by atoms with E-state index in [-0.39, 0.29) is 12.2 Å². The van der Waals surface area contributed by atoms with Gasteiger partial charge < -0.3 is 10.1 Å². The standard InChI is InChI=1S/C8H10N2O3/c9-10-4-2-1-3-7(11)6(10)5-8(12)13/h1-4,6H,5,9H2,(H,12,13). The van der Waals surface area contributed by atoms with Gasteiger partial charge in [0.2, 0.25) is 0 Å². The summed E-state index contributed by atoms with van der Waals surface area (Å²) in [7, 11) is 0. The highest BCUT2D eigenvalue weighted by atomic mass is 16.4. The third-order valence-corrected chi connectivity index (χ3v) is 1.69. The zero-order chi connectivity index (χ0) is 9.84. The van der Waals surface area contributed by atoms with Crippen molar-refractivity contribution >= 4 is 11.8 Å². The van der Waals surface area contributed by atoms with Gasteiger partial charge in [0, 0.05) is 6.20 Å². The molecule has 0 aromatic rings. The number of allylic oxidation sites excluding steroid dienone is 2. The summed E-state index contributed by atoms with van der Waals surface area (Å²) in [6, 6.07) is -0.799. The quantitative estimate of drug-likeness (QED) is 0.571. The number of nitrogens with two attached hydrogens (primary N) is 1. The molecule has 0 radical (unpaired) electrons. The van der Waals surface area contributed by atoms with E-state index in [2.05, 4.69) is 0 Å². The van der Waals surface area contributed by atoms with Crippen LogP contribution in [-0.2, 0) is 9.59 Å². The first-order chi connectivity index (χ1) is 6.11. The molecule has 1 heterocycles. The molecule has 0 amide bonds. The summed E-state index contributed by atoms with van der Waals surface area (Å²) in [5.41, 5.74) is 0. The van der Waals surface area contributed by atoms with Crippen molar-refractivity contribution in [3.63, 3.8) is 0 Å². The molecule has 0 saturated heterocycles. The molecule has 3 N–H and O–H groups in total. The zero-order valence-corrected chi connectivity index (χ0v) is 6.88. The van der Waals surface area contributed by atoms with E-state index in [1.165, 1.54) is 18.4 Å². The molecule has 0 bridgehead atoms. The molecule has 1 unspecified atom stereocenters. The van der Waals surface area contributed by atoms with E-state index >= 15 is 0 Å². The van der Waals surface area contributed by atoms with Crippen molar-refractivity contribution in [2.75, 3.05) is 0 Å². The second-order valence-corrected chi connectivity index (χ2v) is 2.66. The molecule has 1 aliphatic rings. The molecule has 13 heavy (non-hydrogen) atoms. The average molecular weight is 182 g/mol. The predicted octanol–water partition coefficient (Wildman–Crippen LogP) is -0.342. The van der Waals surface area contributed by atoms with Gasteiger partial charge in [-0.2, -0.15) is 0 Å². The summed E-state index contributed by atoms with van der Waals surface area (Å²) < 4.78 is 0. The third kappa shape index (κ3) is 2.41. The van der Waals surface area contributed by atoms with Gasteiger partial charge in [-0.25, -0.2) is 5.84 Å². The molecular formula is C8H10N2O3. The minimum atomic E-state index is -1.04. The maximum atomic E-state index is 11.2. The molecule has 5 heteroatoms. The fourth-order valence-electron chi connectivity index (χ4n) is 1.03. The predicted molar refractivity (Wildman–Crippen MR) is 45.4 cm³/mol. The van der Waals surface area contributed by atoms with E-state index in [1.54, 1.807) is 6.08 Å². The van der Waals surface area contributed by atoms with E-state index in [0.29, 0.717) is 0 Å². The molecule has 0 aliphatic carbocycles. The largest absolute Gasteiger partial charge is 0.481 e. The highest BCUT2D eigenvalue weighted by Gasteiger charge is 2.23. The lowest BCUT2D eigenvalue weighted by Crippen LogP contribution is -2.42. The van der Waals surface area contributed by atoms with Crippen molar-refractivity contribution in [1.29, 1.82) is 0 Å². The Morgan fingerprint density at radius 3 is 2.92 bits per heavy atom. The number of aliphatic carboxylic acids is 1. The summed E-state index contributed by atoms with van der Waals surface area (Å²) in [6.45, 7) is 0. The fourth-order valence-corrected chi connectivity index (χ4v) is 1.03. The lowest BCUT2D eigenvalue weighted by molar-refractivity contribution is -0.140. The van der Waals surface area contributed by atoms with Crippen LogP contribution in [0.1, 0.15) is 6.42 Å². The number of carboxylic acid groups (broad SMARTS) is 1. The number of carbonyl (C=O) groups is 2. The SMILES string of the molecule is NN1C=CC=CC(=O)C1CC(=O)O. The van der Waals surface area contributed by atoms with Crippen LogP contribution in [0.15, 0.2) is 24.4 Å². The average Bonchev–Trinajstić information content (AvgIpc) is 2.18. The van der Waals surface area contributed by atoms with Gasteiger partial charge in [0.1, 0.15) is 6.04 Å². The van der Waals surface area contributed by atoms with E-state index in [0.717, 1.165) is 5.01 Å². The maximum Gasteiger partial charge on any atom is 0.305 e. The van der Waals surface area contributed by atoms with Crippen LogP contribution in [0.25, 0.3) is 0 Å². The Labute approximate surface area is 75.1 Å². The van der Waals surface area contributed by atoms with Gasteiger partial charge in [-0.1, -0.05) is 6.08 Å². The Balaban J connectivity index is 2.78. The van der Waals surface area contributed by atoms with Crippen molar-refractivity contribution in [2.45, 2.75) is 12.5 Å². The fraction of sp³-hybridized carbons (Fsp3) is 0.250. The topological polar surface area (TPSA) is 83.6 Å². The van der Waals surface area contributed by atoms with Crippen molar-refractivity contribution < 1.29 is 14.7 Å². The zero-order valence-electron chi connectivity index (χ0n) is 6.88. The maximum absolute atomic E-state index is 11.2. The van der Waals surface area contributed by atoms with Gasteiger partial charge >= 0.3 is 5.97 Å². The van der Waals surface area contributed by atoms with Gasteiger partial charge in [-0.3, -0.25) is 9.59 Å². The first kappa shape index (κ1) is 9.47. The Morgan fingerprint density at radius 1 is 1.62 bits per heavy atom. The highest BCUT2D eigenvalue weighted by Crippen LogP contribution is 2.06. The number of hydrogen-bond donors (Lipinski definition) is 2. The van der Waals surface area contributed by atoms with Gasteiger partial charge in [0.05, 0.1) is 6.42 Å². The van der Waals surface area contributed by atoms with Crippen molar-refractivity contribution in [3.8, 4) is 0 Å². The normalized spacial score (nSPS) is 21.8. The third-order valence-electron chi connectivity index (χ3n) is 1.69. The second kappa shape index (κ2) is 3.86. The summed E-state index contributed by atoms with van der Waals surface area (Å²) in [5.74, 6) is 4.10. The van der Waals surface area contributed by atoms with Crippen LogP contribution in [0.5, 0.6) is 0 Å². The van der Waals surface area contributed by atoms with Crippen LogP contribution in [-0.4, -0.2) is 27.9 Å². The monoisotopic (exact) mass is 182 g/mol. The molecule has 0 saturated carbocycles. The van der Waals surface area contributed by atoms with E-state index in [1.807, 2.05) is 0 Å². The Kier molecular flexibility index (Phi) is 2.81. The molecule has 0 aromatic heterocycles. The van der Waals surface area contributed by atoms with E-state index < -0.39 is 12.0 Å². The van der Waals surface area contributed by atoms with Gasteiger partial charge in [-0.15, -0.1) is 0 Å². The number of carboxylic acids is 1. The highest BCUT2D eigenvalue weighted by molar-refractivity contribution is 5.97.